The molecule has 1 aromatic heterocycles. The fourth-order valence-corrected chi connectivity index (χ4v) is 2.09. The second-order valence-electron chi connectivity index (χ2n) is 5.26. The first-order valence-electron chi connectivity index (χ1n) is 7.25. The van der Waals surface area contributed by atoms with E-state index in [0.717, 1.165) is 32.1 Å². The summed E-state index contributed by atoms with van der Waals surface area (Å²) in [4.78, 5) is 18.9. The summed E-state index contributed by atoms with van der Waals surface area (Å²) in [6, 6.07) is 0. The van der Waals surface area contributed by atoms with Gasteiger partial charge in [0.1, 0.15) is 18.1 Å². The zero-order valence-electron chi connectivity index (χ0n) is 12.0. The van der Waals surface area contributed by atoms with Gasteiger partial charge in [0, 0.05) is 6.61 Å². The molecule has 0 aromatic carbocycles. The van der Waals surface area contributed by atoms with Gasteiger partial charge in [-0.1, -0.05) is 13.3 Å². The molecular weight excluding hydrogens is 258 g/mol. The number of nitrogens with two attached hydrogens (primary N) is 1. The van der Waals surface area contributed by atoms with E-state index in [1.54, 1.807) is 0 Å². The molecule has 1 aliphatic carbocycles. The minimum atomic E-state index is -0.411. The van der Waals surface area contributed by atoms with Gasteiger partial charge in [-0.05, 0) is 25.7 Å². The first kappa shape index (κ1) is 15.0. The predicted octanol–water partition coefficient (Wildman–Crippen LogP) is 1.72. The van der Waals surface area contributed by atoms with Crippen molar-refractivity contribution < 1.29 is 14.3 Å². The average molecular weight is 281 g/mol. The Morgan fingerprint density at radius 1 is 1.45 bits per heavy atom. The molecule has 0 amide bonds. The molecule has 3 N–H and O–H groups in total. The number of rotatable bonds is 8. The number of carbonyl (C=O) groups excluding carboxylic acids is 1. The number of nitrogens with zero attached hydrogens (tertiary/aromatic N) is 1. The largest absolute Gasteiger partial charge is 0.459 e. The van der Waals surface area contributed by atoms with Crippen molar-refractivity contribution in [1.29, 1.82) is 0 Å². The number of imidazole rings is 1. The lowest BCUT2D eigenvalue weighted by Crippen LogP contribution is -2.44. The predicted molar refractivity (Wildman–Crippen MR) is 74.3 cm³/mol. The molecule has 1 aliphatic rings. The fourth-order valence-electron chi connectivity index (χ4n) is 2.09. The Hall–Kier alpha value is -1.40. The number of H-pyrrole nitrogens is 1. The molecule has 1 fully saturated rings. The van der Waals surface area contributed by atoms with Gasteiger partial charge >= 0.3 is 5.97 Å². The van der Waals surface area contributed by atoms with Crippen molar-refractivity contribution in [2.75, 3.05) is 19.8 Å². The molecule has 0 spiro atoms. The van der Waals surface area contributed by atoms with Gasteiger partial charge in [-0.15, -0.1) is 0 Å². The quantitative estimate of drug-likeness (QED) is 0.559. The zero-order chi connectivity index (χ0) is 14.4. The number of aromatic amines is 1. The van der Waals surface area contributed by atoms with Crippen LogP contribution in [0.5, 0.6) is 0 Å². The number of aromatic nitrogens is 2. The zero-order valence-corrected chi connectivity index (χ0v) is 12.0. The first-order chi connectivity index (χ1) is 9.65. The molecular formula is C14H23N3O3. The number of unbranched alkanes of at least 4 members (excludes halogenated alkanes) is 1. The number of nitrogens with one attached hydrogen (secondary N) is 1. The molecule has 1 aromatic rings. The van der Waals surface area contributed by atoms with E-state index < -0.39 is 5.97 Å². The van der Waals surface area contributed by atoms with Crippen LogP contribution in [0.15, 0.2) is 6.20 Å². The number of hydrogen-bond acceptors (Lipinski definition) is 5. The van der Waals surface area contributed by atoms with Crippen molar-refractivity contribution in [2.24, 2.45) is 5.73 Å². The lowest BCUT2D eigenvalue weighted by atomic mass is 9.77. The summed E-state index contributed by atoms with van der Waals surface area (Å²) in [5, 5.41) is 0. The Kier molecular flexibility index (Phi) is 5.14. The molecule has 0 aliphatic heterocycles. The molecule has 0 radical (unpaired) electrons. The van der Waals surface area contributed by atoms with Gasteiger partial charge in [-0.2, -0.15) is 0 Å². The highest BCUT2D eigenvalue weighted by atomic mass is 16.6. The molecule has 0 saturated heterocycles. The standard InChI is InChI=1S/C14H23N3O3/c1-2-3-7-19-8-9-20-12(18)11-10-16-13(17-11)14(15)5-4-6-14/h10H,2-9,15H2,1H3,(H,16,17). The van der Waals surface area contributed by atoms with Gasteiger partial charge in [-0.25, -0.2) is 9.78 Å². The van der Waals surface area contributed by atoms with E-state index >= 15 is 0 Å². The van der Waals surface area contributed by atoms with Crippen LogP contribution in [0, 0.1) is 0 Å². The van der Waals surface area contributed by atoms with Gasteiger partial charge in [0.2, 0.25) is 0 Å². The van der Waals surface area contributed by atoms with E-state index in [1.165, 1.54) is 6.20 Å². The van der Waals surface area contributed by atoms with E-state index in [0.29, 0.717) is 24.7 Å². The Morgan fingerprint density at radius 3 is 2.90 bits per heavy atom. The maximum Gasteiger partial charge on any atom is 0.356 e. The molecule has 1 heterocycles. The normalized spacial score (nSPS) is 16.7. The second-order valence-corrected chi connectivity index (χ2v) is 5.26. The van der Waals surface area contributed by atoms with E-state index in [1.807, 2.05) is 0 Å². The van der Waals surface area contributed by atoms with Crippen LogP contribution >= 0.6 is 0 Å². The molecule has 6 nitrogen and oxygen atoms in total. The number of ether oxygens (including phenoxy) is 2. The highest BCUT2D eigenvalue weighted by molar-refractivity contribution is 5.87. The van der Waals surface area contributed by atoms with Crippen molar-refractivity contribution in [3.8, 4) is 0 Å². The minimum absolute atomic E-state index is 0.255. The van der Waals surface area contributed by atoms with Crippen LogP contribution in [-0.2, 0) is 15.0 Å². The average Bonchev–Trinajstić information content (AvgIpc) is 2.90. The third-order valence-electron chi connectivity index (χ3n) is 3.62. The maximum atomic E-state index is 11.8. The van der Waals surface area contributed by atoms with Gasteiger partial charge < -0.3 is 20.2 Å². The monoisotopic (exact) mass is 281 g/mol. The Balaban J connectivity index is 1.73. The molecule has 1 saturated carbocycles. The SMILES string of the molecule is CCCCOCCOC(=O)c1cnc(C2(N)CCC2)[nH]1. The molecule has 0 atom stereocenters. The second kappa shape index (κ2) is 6.85. The molecule has 0 bridgehead atoms. The van der Waals surface area contributed by atoms with E-state index in [4.69, 9.17) is 15.2 Å². The Morgan fingerprint density at radius 2 is 2.25 bits per heavy atom. The van der Waals surface area contributed by atoms with Crippen molar-refractivity contribution in [1.82, 2.24) is 9.97 Å². The fraction of sp³-hybridized carbons (Fsp3) is 0.714. The minimum Gasteiger partial charge on any atom is -0.459 e. The summed E-state index contributed by atoms with van der Waals surface area (Å²) >= 11 is 0. The topological polar surface area (TPSA) is 90.2 Å². The Bertz CT molecular complexity index is 441. The lowest BCUT2D eigenvalue weighted by Gasteiger charge is -2.35. The van der Waals surface area contributed by atoms with Crippen LogP contribution in [-0.4, -0.2) is 35.8 Å². The van der Waals surface area contributed by atoms with E-state index in [2.05, 4.69) is 16.9 Å². The van der Waals surface area contributed by atoms with E-state index in [-0.39, 0.29) is 12.1 Å². The molecule has 0 unspecified atom stereocenters. The summed E-state index contributed by atoms with van der Waals surface area (Å²) in [6.45, 7) is 3.49. The summed E-state index contributed by atoms with van der Waals surface area (Å²) in [5.74, 6) is 0.265. The van der Waals surface area contributed by atoms with Gasteiger partial charge in [-0.3, -0.25) is 0 Å². The highest BCUT2D eigenvalue weighted by Gasteiger charge is 2.37. The maximum absolute atomic E-state index is 11.8. The van der Waals surface area contributed by atoms with Crippen LogP contribution < -0.4 is 5.73 Å². The highest BCUT2D eigenvalue weighted by Crippen LogP contribution is 2.36. The first-order valence-corrected chi connectivity index (χ1v) is 7.25. The van der Waals surface area contributed by atoms with Gasteiger partial charge in [0.25, 0.3) is 0 Å². The summed E-state index contributed by atoms with van der Waals surface area (Å²) in [5.41, 5.74) is 6.10. The summed E-state index contributed by atoms with van der Waals surface area (Å²) in [7, 11) is 0. The van der Waals surface area contributed by atoms with Crippen molar-refractivity contribution >= 4 is 5.97 Å². The smallest absolute Gasteiger partial charge is 0.356 e. The Labute approximate surface area is 119 Å². The lowest BCUT2D eigenvalue weighted by molar-refractivity contribution is 0.0308. The van der Waals surface area contributed by atoms with Crippen LogP contribution in [0.3, 0.4) is 0 Å². The third kappa shape index (κ3) is 3.58. The molecule has 112 valence electrons. The summed E-state index contributed by atoms with van der Waals surface area (Å²) in [6.07, 6.45) is 6.52. The van der Waals surface area contributed by atoms with Crippen LogP contribution in [0.25, 0.3) is 0 Å². The number of esters is 1. The van der Waals surface area contributed by atoms with Crippen molar-refractivity contribution in [3.63, 3.8) is 0 Å². The van der Waals surface area contributed by atoms with Crippen molar-refractivity contribution in [2.45, 2.75) is 44.6 Å². The van der Waals surface area contributed by atoms with Crippen LogP contribution in [0.4, 0.5) is 0 Å². The summed E-state index contributed by atoms with van der Waals surface area (Å²) < 4.78 is 10.4. The molecule has 2 rings (SSSR count). The van der Waals surface area contributed by atoms with Gasteiger partial charge in [0.15, 0.2) is 0 Å². The molecule has 6 heteroatoms. The van der Waals surface area contributed by atoms with Gasteiger partial charge in [0.05, 0.1) is 18.3 Å². The van der Waals surface area contributed by atoms with Crippen molar-refractivity contribution in [3.05, 3.63) is 17.7 Å². The molecule has 20 heavy (non-hydrogen) atoms. The number of hydrogen-bond donors (Lipinski definition) is 2. The van der Waals surface area contributed by atoms with Crippen LogP contribution in [0.1, 0.15) is 55.3 Å². The van der Waals surface area contributed by atoms with Crippen LogP contribution in [0.2, 0.25) is 0 Å². The third-order valence-corrected chi connectivity index (χ3v) is 3.62. The van der Waals surface area contributed by atoms with E-state index in [9.17, 15) is 4.79 Å². The number of carbonyl (C=O) groups is 1.